The Labute approximate surface area is 116 Å². The molecule has 0 aliphatic heterocycles. The number of amides is 1. The van der Waals surface area contributed by atoms with Crippen LogP contribution >= 0.6 is 12.2 Å². The lowest BCUT2D eigenvalue weighted by Crippen LogP contribution is -2.17. The summed E-state index contributed by atoms with van der Waals surface area (Å²) in [4.78, 5) is 12.0. The third kappa shape index (κ3) is 3.08. The summed E-state index contributed by atoms with van der Waals surface area (Å²) in [5, 5.41) is 9.60. The lowest BCUT2D eigenvalue weighted by molar-refractivity contribution is -0.115. The molecule has 1 aromatic carbocycles. The standard InChI is InChI=1S/C13H16N4OS/c1-3-9-6-4-5-7-10(9)14-12(18)8-11-15-16-13(19)17(11)2/h4-7H,3,8H2,1-2H3,(H,14,18)(H,16,19). The van der Waals surface area contributed by atoms with E-state index in [9.17, 15) is 4.79 Å². The van der Waals surface area contributed by atoms with Crippen molar-refractivity contribution in [1.82, 2.24) is 14.8 Å². The predicted octanol–water partition coefficient (Wildman–Crippen LogP) is 2.22. The zero-order chi connectivity index (χ0) is 13.8. The van der Waals surface area contributed by atoms with E-state index in [0.29, 0.717) is 10.6 Å². The number of hydrogen-bond donors (Lipinski definition) is 2. The van der Waals surface area contributed by atoms with Crippen LogP contribution in [0.5, 0.6) is 0 Å². The van der Waals surface area contributed by atoms with E-state index >= 15 is 0 Å². The van der Waals surface area contributed by atoms with E-state index in [1.807, 2.05) is 24.3 Å². The predicted molar refractivity (Wildman–Crippen MR) is 76.5 cm³/mol. The van der Waals surface area contributed by atoms with E-state index in [1.165, 1.54) is 0 Å². The minimum absolute atomic E-state index is 0.0991. The smallest absolute Gasteiger partial charge is 0.232 e. The van der Waals surface area contributed by atoms with Crippen LogP contribution in [0.25, 0.3) is 0 Å². The van der Waals surface area contributed by atoms with Crippen molar-refractivity contribution in [1.29, 1.82) is 0 Å². The average molecular weight is 276 g/mol. The quantitative estimate of drug-likeness (QED) is 0.842. The molecule has 6 heteroatoms. The van der Waals surface area contributed by atoms with Crippen molar-refractivity contribution in [3.05, 3.63) is 40.4 Å². The summed E-state index contributed by atoms with van der Waals surface area (Å²) in [5.74, 6) is 0.523. The number of aromatic nitrogens is 3. The number of nitrogens with one attached hydrogen (secondary N) is 2. The second-order valence-electron chi connectivity index (χ2n) is 4.24. The van der Waals surface area contributed by atoms with Crippen molar-refractivity contribution in [3.63, 3.8) is 0 Å². The Morgan fingerprint density at radius 2 is 2.21 bits per heavy atom. The summed E-state index contributed by atoms with van der Waals surface area (Å²) in [6.45, 7) is 2.06. The van der Waals surface area contributed by atoms with Crippen LogP contribution in [0.3, 0.4) is 0 Å². The summed E-state index contributed by atoms with van der Waals surface area (Å²) in [6.07, 6.45) is 1.07. The number of carbonyl (C=O) groups is 1. The number of nitrogens with zero attached hydrogens (tertiary/aromatic N) is 2. The molecule has 0 atom stereocenters. The molecule has 2 rings (SSSR count). The van der Waals surface area contributed by atoms with Gasteiger partial charge < -0.3 is 9.88 Å². The highest BCUT2D eigenvalue weighted by Crippen LogP contribution is 2.15. The summed E-state index contributed by atoms with van der Waals surface area (Å²) < 4.78 is 2.21. The van der Waals surface area contributed by atoms with Crippen LogP contribution in [0, 0.1) is 4.77 Å². The minimum Gasteiger partial charge on any atom is -0.325 e. The van der Waals surface area contributed by atoms with E-state index in [-0.39, 0.29) is 12.3 Å². The van der Waals surface area contributed by atoms with Gasteiger partial charge in [-0.05, 0) is 30.3 Å². The van der Waals surface area contributed by atoms with Gasteiger partial charge in [-0.3, -0.25) is 9.89 Å². The fourth-order valence-electron chi connectivity index (χ4n) is 1.83. The number of para-hydroxylation sites is 1. The SMILES string of the molecule is CCc1ccccc1NC(=O)Cc1n[nH]c(=S)n1C. The number of anilines is 1. The molecular weight excluding hydrogens is 260 g/mol. The van der Waals surface area contributed by atoms with Crippen molar-refractivity contribution in [2.24, 2.45) is 7.05 Å². The molecule has 2 N–H and O–H groups in total. The van der Waals surface area contributed by atoms with Crippen LogP contribution in [0.1, 0.15) is 18.3 Å². The molecule has 0 aliphatic carbocycles. The average Bonchev–Trinajstić information content (AvgIpc) is 2.71. The van der Waals surface area contributed by atoms with E-state index in [0.717, 1.165) is 17.7 Å². The second-order valence-corrected chi connectivity index (χ2v) is 4.63. The Kier molecular flexibility index (Phi) is 4.11. The molecule has 5 nitrogen and oxygen atoms in total. The van der Waals surface area contributed by atoms with Gasteiger partial charge in [0, 0.05) is 12.7 Å². The van der Waals surface area contributed by atoms with E-state index in [4.69, 9.17) is 12.2 Å². The molecule has 1 heterocycles. The fraction of sp³-hybridized carbons (Fsp3) is 0.308. The van der Waals surface area contributed by atoms with Gasteiger partial charge in [-0.25, -0.2) is 0 Å². The number of aromatic amines is 1. The Bertz CT molecular complexity index is 644. The first-order chi connectivity index (χ1) is 9.11. The molecular formula is C13H16N4OS. The van der Waals surface area contributed by atoms with E-state index < -0.39 is 0 Å². The van der Waals surface area contributed by atoms with Crippen molar-refractivity contribution in [2.45, 2.75) is 19.8 Å². The van der Waals surface area contributed by atoms with Gasteiger partial charge in [0.15, 0.2) is 4.77 Å². The first kappa shape index (κ1) is 13.5. The van der Waals surface area contributed by atoms with Gasteiger partial charge >= 0.3 is 0 Å². The first-order valence-corrected chi connectivity index (χ1v) is 6.50. The number of aryl methyl sites for hydroxylation is 1. The molecule has 100 valence electrons. The topological polar surface area (TPSA) is 62.7 Å². The zero-order valence-electron chi connectivity index (χ0n) is 10.9. The third-order valence-corrected chi connectivity index (χ3v) is 3.33. The monoisotopic (exact) mass is 276 g/mol. The second kappa shape index (κ2) is 5.79. The molecule has 2 aromatic rings. The number of carbonyl (C=O) groups excluding carboxylic acids is 1. The molecule has 19 heavy (non-hydrogen) atoms. The molecule has 1 amide bonds. The summed E-state index contributed by atoms with van der Waals surface area (Å²) >= 11 is 5.01. The Morgan fingerprint density at radius 1 is 1.47 bits per heavy atom. The lowest BCUT2D eigenvalue weighted by atomic mass is 10.1. The highest BCUT2D eigenvalue weighted by Gasteiger charge is 2.10. The molecule has 0 saturated carbocycles. The van der Waals surface area contributed by atoms with Crippen molar-refractivity contribution in [2.75, 3.05) is 5.32 Å². The normalized spacial score (nSPS) is 10.4. The van der Waals surface area contributed by atoms with Crippen molar-refractivity contribution >= 4 is 23.8 Å². The van der Waals surface area contributed by atoms with Gasteiger partial charge in [0.25, 0.3) is 0 Å². The molecule has 0 bridgehead atoms. The maximum atomic E-state index is 12.0. The minimum atomic E-state index is -0.0991. The molecule has 0 saturated heterocycles. The van der Waals surface area contributed by atoms with Gasteiger partial charge in [-0.2, -0.15) is 5.10 Å². The molecule has 0 aliphatic rings. The van der Waals surface area contributed by atoms with Gasteiger partial charge in [-0.1, -0.05) is 25.1 Å². The van der Waals surface area contributed by atoms with Crippen LogP contribution in [-0.2, 0) is 24.7 Å². The fourth-order valence-corrected chi connectivity index (χ4v) is 1.98. The number of benzene rings is 1. The summed E-state index contributed by atoms with van der Waals surface area (Å²) in [7, 11) is 1.79. The van der Waals surface area contributed by atoms with E-state index in [1.54, 1.807) is 11.6 Å². The van der Waals surface area contributed by atoms with Crippen LogP contribution in [0.15, 0.2) is 24.3 Å². The van der Waals surface area contributed by atoms with Crippen LogP contribution in [-0.4, -0.2) is 20.7 Å². The van der Waals surface area contributed by atoms with Gasteiger partial charge in [-0.15, -0.1) is 0 Å². The first-order valence-electron chi connectivity index (χ1n) is 6.10. The van der Waals surface area contributed by atoms with Crippen LogP contribution < -0.4 is 5.32 Å². The molecule has 0 radical (unpaired) electrons. The molecule has 1 aromatic heterocycles. The van der Waals surface area contributed by atoms with E-state index in [2.05, 4.69) is 22.4 Å². The Balaban J connectivity index is 2.09. The zero-order valence-corrected chi connectivity index (χ0v) is 11.8. The van der Waals surface area contributed by atoms with Gasteiger partial charge in [0.2, 0.25) is 5.91 Å². The maximum absolute atomic E-state index is 12.0. The molecule has 0 fully saturated rings. The largest absolute Gasteiger partial charge is 0.325 e. The Hall–Kier alpha value is -1.95. The Morgan fingerprint density at radius 3 is 2.84 bits per heavy atom. The highest BCUT2D eigenvalue weighted by atomic mass is 32.1. The molecule has 0 spiro atoms. The van der Waals surface area contributed by atoms with Gasteiger partial charge in [0.1, 0.15) is 5.82 Å². The van der Waals surface area contributed by atoms with Crippen molar-refractivity contribution in [3.8, 4) is 0 Å². The summed E-state index contributed by atoms with van der Waals surface area (Å²) in [5.41, 5.74) is 1.97. The lowest BCUT2D eigenvalue weighted by Gasteiger charge is -2.09. The van der Waals surface area contributed by atoms with Crippen LogP contribution in [0.2, 0.25) is 0 Å². The highest BCUT2D eigenvalue weighted by molar-refractivity contribution is 7.71. The third-order valence-electron chi connectivity index (χ3n) is 2.96. The molecule has 0 unspecified atom stereocenters. The van der Waals surface area contributed by atoms with Gasteiger partial charge in [0.05, 0.1) is 6.42 Å². The van der Waals surface area contributed by atoms with Crippen molar-refractivity contribution < 1.29 is 4.79 Å². The van der Waals surface area contributed by atoms with Crippen LogP contribution in [0.4, 0.5) is 5.69 Å². The number of rotatable bonds is 4. The maximum Gasteiger partial charge on any atom is 0.232 e. The number of H-pyrrole nitrogens is 1. The summed E-state index contributed by atoms with van der Waals surface area (Å²) in [6, 6.07) is 7.78. The number of hydrogen-bond acceptors (Lipinski definition) is 3.